The minimum Gasteiger partial charge on any atom is -0.381 e. The summed E-state index contributed by atoms with van der Waals surface area (Å²) in [5.41, 5.74) is 0.824. The molecule has 84 valence electrons. The van der Waals surface area contributed by atoms with Crippen molar-refractivity contribution in [2.45, 2.75) is 6.43 Å². The first-order chi connectivity index (χ1) is 7.18. The van der Waals surface area contributed by atoms with Gasteiger partial charge in [-0.3, -0.25) is 4.98 Å². The van der Waals surface area contributed by atoms with Crippen molar-refractivity contribution in [3.8, 4) is 0 Å². The minimum atomic E-state index is -2.41. The van der Waals surface area contributed by atoms with E-state index < -0.39 is 13.0 Å². The fourth-order valence-electron chi connectivity index (χ4n) is 0.948. The molecule has 0 saturated carbocycles. The molecule has 0 atom stereocenters. The molecule has 15 heavy (non-hydrogen) atoms. The molecule has 1 aromatic heterocycles. The number of pyridine rings is 1. The number of hydrogen-bond acceptors (Lipinski definition) is 3. The van der Waals surface area contributed by atoms with Crippen LogP contribution in [0.5, 0.6) is 0 Å². The summed E-state index contributed by atoms with van der Waals surface area (Å²) in [6.45, 7) is 0.208. The van der Waals surface area contributed by atoms with Crippen LogP contribution in [0.1, 0.15) is 0 Å². The summed E-state index contributed by atoms with van der Waals surface area (Å²) in [6, 6.07) is 1.85. The van der Waals surface area contributed by atoms with Crippen LogP contribution in [-0.4, -0.2) is 31.2 Å². The molecule has 1 rings (SSSR count). The third kappa shape index (κ3) is 5.64. The molecule has 0 aliphatic carbocycles. The van der Waals surface area contributed by atoms with E-state index in [4.69, 9.17) is 4.74 Å². The number of anilines is 1. The van der Waals surface area contributed by atoms with Crippen molar-refractivity contribution in [3.63, 3.8) is 0 Å². The van der Waals surface area contributed by atoms with E-state index >= 15 is 0 Å². The Hall–Kier alpha value is -0.750. The van der Waals surface area contributed by atoms with Gasteiger partial charge in [0.2, 0.25) is 0 Å². The highest BCUT2D eigenvalue weighted by molar-refractivity contribution is 9.10. The molecule has 3 nitrogen and oxygen atoms in total. The summed E-state index contributed by atoms with van der Waals surface area (Å²) in [6.07, 6.45) is 0.911. The van der Waals surface area contributed by atoms with Crippen LogP contribution in [0.2, 0.25) is 0 Å². The van der Waals surface area contributed by atoms with Gasteiger partial charge in [-0.05, 0) is 22.0 Å². The second kappa shape index (κ2) is 6.68. The number of halogens is 3. The van der Waals surface area contributed by atoms with Crippen LogP contribution in [0.3, 0.4) is 0 Å². The number of alkyl halides is 2. The molecule has 0 bridgehead atoms. The quantitative estimate of drug-likeness (QED) is 0.814. The van der Waals surface area contributed by atoms with Gasteiger partial charge in [-0.1, -0.05) is 0 Å². The topological polar surface area (TPSA) is 34.1 Å². The molecule has 1 N–H and O–H groups in total. The number of rotatable bonds is 6. The first kappa shape index (κ1) is 12.3. The minimum absolute atomic E-state index is 0.247. The van der Waals surface area contributed by atoms with Crippen LogP contribution in [0, 0.1) is 0 Å². The third-order valence-electron chi connectivity index (χ3n) is 1.52. The molecule has 0 spiro atoms. The molecule has 0 amide bonds. The van der Waals surface area contributed by atoms with E-state index in [1.54, 1.807) is 12.4 Å². The van der Waals surface area contributed by atoms with Crippen LogP contribution in [0.25, 0.3) is 0 Å². The first-order valence-corrected chi connectivity index (χ1v) is 5.18. The second-order valence-electron chi connectivity index (χ2n) is 2.78. The van der Waals surface area contributed by atoms with Crippen LogP contribution in [0.4, 0.5) is 14.5 Å². The Morgan fingerprint density at radius 3 is 2.93 bits per heavy atom. The normalized spacial score (nSPS) is 10.7. The summed E-state index contributed by atoms with van der Waals surface area (Å²) in [4.78, 5) is 3.94. The molecular weight excluding hydrogens is 270 g/mol. The zero-order valence-electron chi connectivity index (χ0n) is 7.92. The van der Waals surface area contributed by atoms with Crippen molar-refractivity contribution in [3.05, 3.63) is 22.9 Å². The molecule has 0 aliphatic heterocycles. The summed E-state index contributed by atoms with van der Waals surface area (Å²) in [5.74, 6) is 0. The van der Waals surface area contributed by atoms with Crippen molar-refractivity contribution < 1.29 is 13.5 Å². The Balaban J connectivity index is 2.15. The molecule has 0 aliphatic rings. The van der Waals surface area contributed by atoms with Crippen molar-refractivity contribution in [2.75, 3.05) is 25.1 Å². The molecule has 0 fully saturated rings. The maximum atomic E-state index is 11.7. The molecule has 1 heterocycles. The van der Waals surface area contributed by atoms with Crippen molar-refractivity contribution in [1.82, 2.24) is 4.98 Å². The molecule has 0 unspecified atom stereocenters. The maximum absolute atomic E-state index is 11.7. The van der Waals surface area contributed by atoms with Gasteiger partial charge in [-0.25, -0.2) is 8.78 Å². The zero-order chi connectivity index (χ0) is 11.1. The van der Waals surface area contributed by atoms with Gasteiger partial charge in [-0.2, -0.15) is 0 Å². The highest BCUT2D eigenvalue weighted by atomic mass is 79.9. The Kier molecular flexibility index (Phi) is 5.49. The molecule has 6 heteroatoms. The molecule has 0 radical (unpaired) electrons. The van der Waals surface area contributed by atoms with Gasteiger partial charge < -0.3 is 10.1 Å². The summed E-state index contributed by atoms with van der Waals surface area (Å²) >= 11 is 3.27. The lowest BCUT2D eigenvalue weighted by Crippen LogP contribution is -2.13. The number of ether oxygens (including phenoxy) is 1. The van der Waals surface area contributed by atoms with E-state index in [1.807, 2.05) is 6.07 Å². The van der Waals surface area contributed by atoms with E-state index in [0.717, 1.165) is 10.2 Å². The van der Waals surface area contributed by atoms with Crippen LogP contribution < -0.4 is 5.32 Å². The monoisotopic (exact) mass is 280 g/mol. The highest BCUT2D eigenvalue weighted by Gasteiger charge is 2.00. The molecule has 0 saturated heterocycles. The smallest absolute Gasteiger partial charge is 0.261 e. The van der Waals surface area contributed by atoms with Crippen molar-refractivity contribution in [1.29, 1.82) is 0 Å². The fraction of sp³-hybridized carbons (Fsp3) is 0.444. The highest BCUT2D eigenvalue weighted by Crippen LogP contribution is 2.12. The fourth-order valence-corrected chi connectivity index (χ4v) is 1.31. The van der Waals surface area contributed by atoms with Crippen molar-refractivity contribution >= 4 is 21.6 Å². The van der Waals surface area contributed by atoms with Gasteiger partial charge in [0.05, 0.1) is 18.5 Å². The van der Waals surface area contributed by atoms with Crippen LogP contribution >= 0.6 is 15.9 Å². The number of hydrogen-bond donors (Lipinski definition) is 1. The van der Waals surface area contributed by atoms with E-state index in [1.165, 1.54) is 0 Å². The second-order valence-corrected chi connectivity index (χ2v) is 3.70. The predicted octanol–water partition coefficient (Wildman–Crippen LogP) is 2.54. The Labute approximate surface area is 95.0 Å². The van der Waals surface area contributed by atoms with Gasteiger partial charge in [0.1, 0.15) is 6.61 Å². The molecule has 0 aromatic carbocycles. The Morgan fingerprint density at radius 1 is 1.47 bits per heavy atom. The lowest BCUT2D eigenvalue weighted by molar-refractivity contribution is 0.0215. The summed E-state index contributed by atoms with van der Waals surface area (Å²) < 4.78 is 28.9. The average Bonchev–Trinajstić information content (AvgIpc) is 2.17. The Morgan fingerprint density at radius 2 is 2.27 bits per heavy atom. The molecule has 1 aromatic rings. The maximum Gasteiger partial charge on any atom is 0.261 e. The predicted molar refractivity (Wildman–Crippen MR) is 57.2 cm³/mol. The number of aromatic nitrogens is 1. The van der Waals surface area contributed by atoms with Gasteiger partial charge >= 0.3 is 0 Å². The molecular formula is C9H11BrF2N2O. The number of nitrogens with one attached hydrogen (secondary N) is 1. The lowest BCUT2D eigenvalue weighted by atomic mass is 10.4. The van der Waals surface area contributed by atoms with Crippen LogP contribution in [-0.2, 0) is 4.74 Å². The zero-order valence-corrected chi connectivity index (χ0v) is 9.51. The van der Waals surface area contributed by atoms with Gasteiger partial charge in [0.25, 0.3) is 6.43 Å². The average molecular weight is 281 g/mol. The van der Waals surface area contributed by atoms with Gasteiger partial charge in [-0.15, -0.1) is 0 Å². The SMILES string of the molecule is FC(F)COCCNc1cncc(Br)c1. The third-order valence-corrected chi connectivity index (χ3v) is 1.96. The Bertz CT molecular complexity index is 299. The lowest BCUT2D eigenvalue weighted by Gasteiger charge is -2.06. The van der Waals surface area contributed by atoms with E-state index in [-0.39, 0.29) is 6.61 Å². The summed E-state index contributed by atoms with van der Waals surface area (Å²) in [7, 11) is 0. The number of nitrogens with zero attached hydrogens (tertiary/aromatic N) is 1. The van der Waals surface area contributed by atoms with Crippen molar-refractivity contribution in [2.24, 2.45) is 0 Å². The van der Waals surface area contributed by atoms with E-state index in [0.29, 0.717) is 6.54 Å². The summed E-state index contributed by atoms with van der Waals surface area (Å²) in [5, 5.41) is 3.00. The van der Waals surface area contributed by atoms with E-state index in [2.05, 4.69) is 26.2 Å². The standard InChI is InChI=1S/C9H11BrF2N2O/c10-7-3-8(5-13-4-7)14-1-2-15-6-9(11)12/h3-5,9,14H,1-2,6H2. The van der Waals surface area contributed by atoms with Crippen LogP contribution in [0.15, 0.2) is 22.9 Å². The van der Waals surface area contributed by atoms with Gasteiger partial charge in [0.15, 0.2) is 0 Å². The first-order valence-electron chi connectivity index (χ1n) is 4.39. The van der Waals surface area contributed by atoms with E-state index in [9.17, 15) is 8.78 Å². The largest absolute Gasteiger partial charge is 0.381 e. The van der Waals surface area contributed by atoms with Gasteiger partial charge in [0, 0.05) is 17.2 Å².